The molecular weight excluding hydrogens is 383 g/mol. The van der Waals surface area contributed by atoms with E-state index in [1.807, 2.05) is 38.1 Å². The fourth-order valence-corrected chi connectivity index (χ4v) is 1.89. The van der Waals surface area contributed by atoms with Crippen LogP contribution in [0.15, 0.2) is 24.3 Å². The van der Waals surface area contributed by atoms with Crippen molar-refractivity contribution in [3.63, 3.8) is 0 Å². The molecule has 4 nitrogen and oxygen atoms in total. The van der Waals surface area contributed by atoms with E-state index in [0.29, 0.717) is 18.9 Å². The van der Waals surface area contributed by atoms with Crippen LogP contribution in [0.2, 0.25) is 0 Å². The van der Waals surface area contributed by atoms with Gasteiger partial charge in [-0.1, -0.05) is 26.0 Å². The summed E-state index contributed by atoms with van der Waals surface area (Å²) in [5.74, 6) is -0.216. The van der Waals surface area contributed by atoms with Gasteiger partial charge in [0.05, 0.1) is 6.61 Å². The Bertz CT molecular complexity index is 454. The molecule has 1 aromatic carbocycles. The lowest BCUT2D eigenvalue weighted by Gasteiger charge is -2.07. The Morgan fingerprint density at radius 2 is 1.62 bits per heavy atom. The molecule has 0 saturated carbocycles. The molecule has 21 heavy (non-hydrogen) atoms. The second kappa shape index (κ2) is 9.76. The average Bonchev–Trinajstić information content (AvgIpc) is 2.44. The van der Waals surface area contributed by atoms with Crippen LogP contribution in [0, 0.1) is 9.49 Å². The summed E-state index contributed by atoms with van der Waals surface area (Å²) in [5.41, 5.74) is 0.958. The standard InChI is InChI=1S/C16H21IO4/c1-12(2)10-20-15(18)4-3-5-16(19)21-11-13-6-8-14(17)9-7-13/h6-9,12H,3-5,10-11H2,1-2H3. The molecule has 0 bridgehead atoms. The Balaban J connectivity index is 2.14. The predicted molar refractivity (Wildman–Crippen MR) is 88.6 cm³/mol. The number of esters is 2. The van der Waals surface area contributed by atoms with Crippen molar-refractivity contribution in [2.45, 2.75) is 39.7 Å². The highest BCUT2D eigenvalue weighted by atomic mass is 127. The van der Waals surface area contributed by atoms with Gasteiger partial charge in [-0.3, -0.25) is 9.59 Å². The molecule has 0 aliphatic heterocycles. The molecule has 0 N–H and O–H groups in total. The quantitative estimate of drug-likeness (QED) is 0.490. The molecule has 0 aromatic heterocycles. The molecule has 1 rings (SSSR count). The number of halogens is 1. The molecule has 0 amide bonds. The lowest BCUT2D eigenvalue weighted by Crippen LogP contribution is -2.11. The third-order valence-electron chi connectivity index (χ3n) is 2.65. The zero-order chi connectivity index (χ0) is 15.7. The maximum atomic E-state index is 11.6. The zero-order valence-corrected chi connectivity index (χ0v) is 14.6. The third kappa shape index (κ3) is 8.70. The molecule has 0 saturated heterocycles. The second-order valence-electron chi connectivity index (χ2n) is 5.22. The van der Waals surface area contributed by atoms with E-state index in [-0.39, 0.29) is 31.4 Å². The summed E-state index contributed by atoms with van der Waals surface area (Å²) in [6.45, 7) is 4.66. The summed E-state index contributed by atoms with van der Waals surface area (Å²) in [5, 5.41) is 0. The molecular formula is C16H21IO4. The van der Waals surface area contributed by atoms with Gasteiger partial charge in [-0.2, -0.15) is 0 Å². The Labute approximate surface area is 139 Å². The molecule has 0 aliphatic carbocycles. The zero-order valence-electron chi connectivity index (χ0n) is 12.4. The Morgan fingerprint density at radius 3 is 2.19 bits per heavy atom. The molecule has 0 fully saturated rings. The third-order valence-corrected chi connectivity index (χ3v) is 3.37. The number of carbonyl (C=O) groups is 2. The van der Waals surface area contributed by atoms with Crippen molar-refractivity contribution < 1.29 is 19.1 Å². The van der Waals surface area contributed by atoms with Gasteiger partial charge < -0.3 is 9.47 Å². The van der Waals surface area contributed by atoms with Crippen LogP contribution in [0.25, 0.3) is 0 Å². The molecule has 5 heteroatoms. The van der Waals surface area contributed by atoms with Crippen molar-refractivity contribution in [3.8, 4) is 0 Å². The molecule has 0 heterocycles. The summed E-state index contributed by atoms with van der Waals surface area (Å²) in [6.07, 6.45) is 0.953. The van der Waals surface area contributed by atoms with Crippen LogP contribution in [-0.2, 0) is 25.7 Å². The first kappa shape index (κ1) is 17.9. The lowest BCUT2D eigenvalue weighted by molar-refractivity contribution is -0.146. The van der Waals surface area contributed by atoms with E-state index < -0.39 is 0 Å². The Hall–Kier alpha value is -1.11. The van der Waals surface area contributed by atoms with E-state index in [9.17, 15) is 9.59 Å². The molecule has 0 aliphatic rings. The summed E-state index contributed by atoms with van der Waals surface area (Å²) in [7, 11) is 0. The van der Waals surface area contributed by atoms with Crippen LogP contribution < -0.4 is 0 Å². The van der Waals surface area contributed by atoms with Crippen LogP contribution in [0.5, 0.6) is 0 Å². The van der Waals surface area contributed by atoms with Gasteiger partial charge >= 0.3 is 11.9 Å². The van der Waals surface area contributed by atoms with Gasteiger partial charge in [0, 0.05) is 16.4 Å². The molecule has 0 unspecified atom stereocenters. The number of rotatable bonds is 8. The monoisotopic (exact) mass is 404 g/mol. The topological polar surface area (TPSA) is 52.6 Å². The minimum atomic E-state index is -0.287. The van der Waals surface area contributed by atoms with Crippen molar-refractivity contribution in [2.24, 2.45) is 5.92 Å². The Kier molecular flexibility index (Phi) is 8.34. The number of ether oxygens (including phenoxy) is 2. The first-order valence-electron chi connectivity index (χ1n) is 7.03. The van der Waals surface area contributed by atoms with Crippen molar-refractivity contribution in [1.82, 2.24) is 0 Å². The summed E-state index contributed by atoms with van der Waals surface area (Å²) < 4.78 is 11.3. The van der Waals surface area contributed by atoms with Crippen LogP contribution in [0.1, 0.15) is 38.7 Å². The van der Waals surface area contributed by atoms with E-state index in [1.54, 1.807) is 0 Å². The van der Waals surface area contributed by atoms with E-state index >= 15 is 0 Å². The highest BCUT2D eigenvalue weighted by Gasteiger charge is 2.08. The van der Waals surface area contributed by atoms with Crippen LogP contribution in [0.4, 0.5) is 0 Å². The van der Waals surface area contributed by atoms with Crippen LogP contribution in [0.3, 0.4) is 0 Å². The van der Waals surface area contributed by atoms with Gasteiger partial charge in [0.2, 0.25) is 0 Å². The van der Waals surface area contributed by atoms with E-state index in [4.69, 9.17) is 9.47 Å². The maximum Gasteiger partial charge on any atom is 0.306 e. The molecule has 116 valence electrons. The molecule has 0 radical (unpaired) electrons. The Morgan fingerprint density at radius 1 is 1.05 bits per heavy atom. The fraction of sp³-hybridized carbons (Fsp3) is 0.500. The highest BCUT2D eigenvalue weighted by molar-refractivity contribution is 14.1. The first-order chi connectivity index (χ1) is 9.97. The van der Waals surface area contributed by atoms with Gasteiger partial charge in [0.25, 0.3) is 0 Å². The van der Waals surface area contributed by atoms with Gasteiger partial charge in [-0.05, 0) is 52.6 Å². The smallest absolute Gasteiger partial charge is 0.306 e. The van der Waals surface area contributed by atoms with Crippen molar-refractivity contribution in [3.05, 3.63) is 33.4 Å². The number of hydrogen-bond acceptors (Lipinski definition) is 4. The number of carbonyl (C=O) groups excluding carboxylic acids is 2. The SMILES string of the molecule is CC(C)COC(=O)CCCC(=O)OCc1ccc(I)cc1. The van der Waals surface area contributed by atoms with E-state index in [2.05, 4.69) is 22.6 Å². The fourth-order valence-electron chi connectivity index (χ4n) is 1.53. The minimum absolute atomic E-state index is 0.237. The largest absolute Gasteiger partial charge is 0.465 e. The van der Waals surface area contributed by atoms with Crippen molar-refractivity contribution in [2.75, 3.05) is 6.61 Å². The van der Waals surface area contributed by atoms with Crippen molar-refractivity contribution in [1.29, 1.82) is 0 Å². The normalized spacial score (nSPS) is 10.5. The predicted octanol–water partition coefficient (Wildman–Crippen LogP) is 3.70. The minimum Gasteiger partial charge on any atom is -0.465 e. The summed E-state index contributed by atoms with van der Waals surface area (Å²) in [4.78, 5) is 22.9. The number of hydrogen-bond donors (Lipinski definition) is 0. The van der Waals surface area contributed by atoms with Gasteiger partial charge in [-0.15, -0.1) is 0 Å². The maximum absolute atomic E-state index is 11.6. The molecule has 1 aromatic rings. The van der Waals surface area contributed by atoms with Crippen LogP contribution in [-0.4, -0.2) is 18.5 Å². The van der Waals surface area contributed by atoms with Gasteiger partial charge in [0.1, 0.15) is 6.61 Å². The van der Waals surface area contributed by atoms with Gasteiger partial charge in [-0.25, -0.2) is 0 Å². The first-order valence-corrected chi connectivity index (χ1v) is 8.11. The number of benzene rings is 1. The van der Waals surface area contributed by atoms with Crippen LogP contribution >= 0.6 is 22.6 Å². The second-order valence-corrected chi connectivity index (χ2v) is 6.46. The highest BCUT2D eigenvalue weighted by Crippen LogP contribution is 2.09. The van der Waals surface area contributed by atoms with Gasteiger partial charge in [0.15, 0.2) is 0 Å². The van der Waals surface area contributed by atoms with Crippen molar-refractivity contribution >= 4 is 34.5 Å². The van der Waals surface area contributed by atoms with E-state index in [1.165, 1.54) is 0 Å². The molecule has 0 spiro atoms. The van der Waals surface area contributed by atoms with E-state index in [0.717, 1.165) is 9.13 Å². The summed E-state index contributed by atoms with van der Waals surface area (Å²) in [6, 6.07) is 7.79. The lowest BCUT2D eigenvalue weighted by atomic mass is 10.2. The average molecular weight is 404 g/mol. The molecule has 0 atom stereocenters. The summed E-state index contributed by atoms with van der Waals surface area (Å²) >= 11 is 2.22.